The van der Waals surface area contributed by atoms with Crippen LogP contribution in [-0.2, 0) is 4.74 Å². The van der Waals surface area contributed by atoms with Gasteiger partial charge in [-0.1, -0.05) is 0 Å². The molecule has 0 aromatic carbocycles. The molecule has 2 bridgehead atoms. The van der Waals surface area contributed by atoms with Crippen molar-refractivity contribution in [2.24, 2.45) is 5.73 Å². The van der Waals surface area contributed by atoms with Crippen molar-refractivity contribution in [3.05, 3.63) is 0 Å². The third-order valence-corrected chi connectivity index (χ3v) is 5.21. The fourth-order valence-electron chi connectivity index (χ4n) is 3.90. The molecule has 2 fully saturated rings. The molecule has 0 aliphatic carbocycles. The molecule has 2 saturated heterocycles. The maximum Gasteiger partial charge on any atom is 0.407 e. The summed E-state index contributed by atoms with van der Waals surface area (Å²) in [5, 5.41) is 2.96. The Morgan fingerprint density at radius 1 is 1.30 bits per heavy atom. The number of alkyl carbamates (subject to hydrolysis) is 1. The lowest BCUT2D eigenvalue weighted by Crippen LogP contribution is -2.56. The summed E-state index contributed by atoms with van der Waals surface area (Å²) in [5.74, 6) is 0. The van der Waals surface area contributed by atoms with Crippen molar-refractivity contribution in [1.29, 1.82) is 0 Å². The van der Waals surface area contributed by atoms with Crippen LogP contribution in [0.25, 0.3) is 0 Å². The highest BCUT2D eigenvalue weighted by atomic mass is 16.6. The van der Waals surface area contributed by atoms with Gasteiger partial charge in [0.15, 0.2) is 0 Å². The molecule has 0 aromatic rings. The Hall–Kier alpha value is -0.850. The molecule has 134 valence electrons. The van der Waals surface area contributed by atoms with E-state index >= 15 is 0 Å². The van der Waals surface area contributed by atoms with Crippen molar-refractivity contribution in [2.75, 3.05) is 26.7 Å². The van der Waals surface area contributed by atoms with Crippen molar-refractivity contribution >= 4 is 6.09 Å². The summed E-state index contributed by atoms with van der Waals surface area (Å²) >= 11 is 0. The van der Waals surface area contributed by atoms with Gasteiger partial charge in [-0.2, -0.15) is 0 Å². The quantitative estimate of drug-likeness (QED) is 0.817. The molecule has 0 aromatic heterocycles. The fraction of sp³-hybridized carbons (Fsp3) is 0.941. The molecule has 6 nitrogen and oxygen atoms in total. The predicted octanol–water partition coefficient (Wildman–Crippen LogP) is 1.40. The molecule has 2 heterocycles. The van der Waals surface area contributed by atoms with Gasteiger partial charge in [0.25, 0.3) is 0 Å². The van der Waals surface area contributed by atoms with E-state index in [4.69, 9.17) is 10.5 Å². The number of nitrogens with one attached hydrogen (secondary N) is 1. The fourth-order valence-corrected chi connectivity index (χ4v) is 3.90. The molecule has 23 heavy (non-hydrogen) atoms. The lowest BCUT2D eigenvalue weighted by molar-refractivity contribution is 0.0466. The minimum absolute atomic E-state index is 0.0308. The molecule has 0 radical (unpaired) electrons. The monoisotopic (exact) mass is 326 g/mol. The van der Waals surface area contributed by atoms with Gasteiger partial charge in [0.05, 0.1) is 0 Å². The van der Waals surface area contributed by atoms with E-state index in [0.29, 0.717) is 18.6 Å². The summed E-state index contributed by atoms with van der Waals surface area (Å²) in [6, 6.07) is 1.44. The molecule has 0 saturated carbocycles. The number of amides is 1. The predicted molar refractivity (Wildman–Crippen MR) is 92.4 cm³/mol. The van der Waals surface area contributed by atoms with E-state index in [0.717, 1.165) is 13.1 Å². The average molecular weight is 326 g/mol. The Labute approximate surface area is 140 Å². The number of hydrogen-bond acceptors (Lipinski definition) is 5. The van der Waals surface area contributed by atoms with Gasteiger partial charge < -0.3 is 15.8 Å². The Bertz CT molecular complexity index is 410. The van der Waals surface area contributed by atoms with E-state index in [2.05, 4.69) is 22.2 Å². The topological polar surface area (TPSA) is 70.8 Å². The van der Waals surface area contributed by atoms with Crippen LogP contribution < -0.4 is 11.1 Å². The molecule has 4 unspecified atom stereocenters. The number of nitrogens with zero attached hydrogens (tertiary/aromatic N) is 2. The number of carbonyl (C=O) groups is 1. The third kappa shape index (κ3) is 4.81. The third-order valence-electron chi connectivity index (χ3n) is 5.21. The van der Waals surface area contributed by atoms with Crippen LogP contribution in [0.5, 0.6) is 0 Å². The molecule has 0 spiro atoms. The summed E-state index contributed by atoms with van der Waals surface area (Å²) in [7, 11) is 2.24. The number of likely N-dealkylation sites (N-methyl/N-ethyl adjacent to an activating group) is 1. The smallest absolute Gasteiger partial charge is 0.407 e. The number of ether oxygens (including phenoxy) is 1. The number of fused-ring (bicyclic) bond motifs is 2. The van der Waals surface area contributed by atoms with E-state index in [-0.39, 0.29) is 18.2 Å². The highest BCUT2D eigenvalue weighted by Gasteiger charge is 2.37. The van der Waals surface area contributed by atoms with Crippen LogP contribution in [0.2, 0.25) is 0 Å². The lowest BCUT2D eigenvalue weighted by atomic mass is 10.0. The van der Waals surface area contributed by atoms with Gasteiger partial charge in [-0.15, -0.1) is 0 Å². The molecule has 3 N–H and O–H groups in total. The Morgan fingerprint density at radius 3 is 2.57 bits per heavy atom. The van der Waals surface area contributed by atoms with Crippen LogP contribution in [0, 0.1) is 0 Å². The second-order valence-corrected chi connectivity index (χ2v) is 8.07. The lowest BCUT2D eigenvalue weighted by Gasteiger charge is -2.36. The van der Waals surface area contributed by atoms with Gasteiger partial charge in [-0.3, -0.25) is 9.80 Å². The first kappa shape index (κ1) is 18.5. The molecule has 2 rings (SSSR count). The summed E-state index contributed by atoms with van der Waals surface area (Å²) < 4.78 is 5.36. The Kier molecular flexibility index (Phi) is 5.92. The Morgan fingerprint density at radius 2 is 1.96 bits per heavy atom. The van der Waals surface area contributed by atoms with Crippen LogP contribution in [0.4, 0.5) is 4.79 Å². The van der Waals surface area contributed by atoms with Crippen molar-refractivity contribution in [3.8, 4) is 0 Å². The van der Waals surface area contributed by atoms with Crippen LogP contribution >= 0.6 is 0 Å². The van der Waals surface area contributed by atoms with E-state index < -0.39 is 5.60 Å². The van der Waals surface area contributed by atoms with Gasteiger partial charge in [0, 0.05) is 43.8 Å². The average Bonchev–Trinajstić information content (AvgIpc) is 2.64. The second-order valence-electron chi connectivity index (χ2n) is 8.07. The van der Waals surface area contributed by atoms with Crippen molar-refractivity contribution < 1.29 is 9.53 Å². The SMILES string of the molecule is CC(NC(=O)OC(C)(C)C)C(CN)N1CCC2CCC(C1)N2C. The molecular formula is C17H34N4O2. The van der Waals surface area contributed by atoms with Crippen LogP contribution in [0.1, 0.15) is 47.0 Å². The molecular weight excluding hydrogens is 292 g/mol. The molecule has 2 aliphatic rings. The van der Waals surface area contributed by atoms with E-state index in [9.17, 15) is 4.79 Å². The van der Waals surface area contributed by atoms with Gasteiger partial charge in [-0.25, -0.2) is 4.79 Å². The largest absolute Gasteiger partial charge is 0.444 e. The van der Waals surface area contributed by atoms with Gasteiger partial charge in [0.2, 0.25) is 0 Å². The highest BCUT2D eigenvalue weighted by Crippen LogP contribution is 2.29. The second kappa shape index (κ2) is 7.36. The molecule has 4 atom stereocenters. The zero-order valence-electron chi connectivity index (χ0n) is 15.3. The minimum Gasteiger partial charge on any atom is -0.444 e. The number of likely N-dealkylation sites (tertiary alicyclic amines) is 1. The molecule has 6 heteroatoms. The number of rotatable bonds is 4. The summed E-state index contributed by atoms with van der Waals surface area (Å²) in [6.07, 6.45) is 3.40. The highest BCUT2D eigenvalue weighted by molar-refractivity contribution is 5.68. The first-order valence-corrected chi connectivity index (χ1v) is 8.87. The Balaban J connectivity index is 1.94. The van der Waals surface area contributed by atoms with Crippen molar-refractivity contribution in [2.45, 2.75) is 76.7 Å². The van der Waals surface area contributed by atoms with Crippen LogP contribution in [0.3, 0.4) is 0 Å². The number of nitrogens with two attached hydrogens (primary N) is 1. The van der Waals surface area contributed by atoms with E-state index in [1.807, 2.05) is 27.7 Å². The standard InChI is InChI=1S/C17H34N4O2/c1-12(19-16(22)23-17(2,3)4)15(10-18)21-9-8-13-6-7-14(11-21)20(13)5/h12-15H,6-11,18H2,1-5H3,(H,19,22). The molecule has 1 amide bonds. The molecule has 2 aliphatic heterocycles. The maximum absolute atomic E-state index is 12.0. The first-order valence-electron chi connectivity index (χ1n) is 8.87. The van der Waals surface area contributed by atoms with Gasteiger partial charge in [0.1, 0.15) is 5.60 Å². The van der Waals surface area contributed by atoms with Gasteiger partial charge >= 0.3 is 6.09 Å². The van der Waals surface area contributed by atoms with Crippen LogP contribution in [0.15, 0.2) is 0 Å². The van der Waals surface area contributed by atoms with E-state index in [1.165, 1.54) is 19.3 Å². The van der Waals surface area contributed by atoms with Gasteiger partial charge in [-0.05, 0) is 54.0 Å². The number of carbonyl (C=O) groups excluding carboxylic acids is 1. The minimum atomic E-state index is -0.480. The van der Waals surface area contributed by atoms with Crippen LogP contribution in [-0.4, -0.2) is 72.3 Å². The summed E-state index contributed by atoms with van der Waals surface area (Å²) in [5.41, 5.74) is 5.56. The zero-order valence-corrected chi connectivity index (χ0v) is 15.3. The maximum atomic E-state index is 12.0. The first-order chi connectivity index (χ1) is 10.7. The normalized spacial score (nSPS) is 29.0. The summed E-state index contributed by atoms with van der Waals surface area (Å²) in [6.45, 7) is 10.3. The van der Waals surface area contributed by atoms with E-state index in [1.54, 1.807) is 0 Å². The van der Waals surface area contributed by atoms with Crippen molar-refractivity contribution in [3.63, 3.8) is 0 Å². The van der Waals surface area contributed by atoms with Crippen molar-refractivity contribution in [1.82, 2.24) is 15.1 Å². The zero-order chi connectivity index (χ0) is 17.2. The summed E-state index contributed by atoms with van der Waals surface area (Å²) in [4.78, 5) is 17.0. The number of hydrogen-bond donors (Lipinski definition) is 2.